The Morgan fingerprint density at radius 3 is 3.19 bits per heavy atom. The van der Waals surface area contributed by atoms with Gasteiger partial charge in [0.15, 0.2) is 0 Å². The second-order valence-corrected chi connectivity index (χ2v) is 3.41. The van der Waals surface area contributed by atoms with Crippen molar-refractivity contribution in [1.29, 1.82) is 0 Å². The SMILES string of the molecule is CCOC(=O)Nc1ccn2cc(C)nc2c1. The van der Waals surface area contributed by atoms with E-state index in [9.17, 15) is 4.79 Å². The van der Waals surface area contributed by atoms with Crippen LogP contribution < -0.4 is 5.32 Å². The standard InChI is InChI=1S/C11H13N3O2/c1-3-16-11(15)13-9-4-5-14-7-8(2)12-10(14)6-9/h4-7H,3H2,1-2H3,(H,13,15). The molecule has 0 fully saturated rings. The summed E-state index contributed by atoms with van der Waals surface area (Å²) in [6.45, 7) is 4.04. The molecule has 0 bridgehead atoms. The van der Waals surface area contributed by atoms with E-state index in [1.807, 2.05) is 23.7 Å². The topological polar surface area (TPSA) is 55.6 Å². The molecule has 5 heteroatoms. The third-order valence-corrected chi connectivity index (χ3v) is 2.10. The minimum Gasteiger partial charge on any atom is -0.450 e. The molecule has 0 aliphatic heterocycles. The third-order valence-electron chi connectivity index (χ3n) is 2.10. The summed E-state index contributed by atoms with van der Waals surface area (Å²) in [7, 11) is 0. The Labute approximate surface area is 93.1 Å². The van der Waals surface area contributed by atoms with Crippen LogP contribution in [0.3, 0.4) is 0 Å². The number of aryl methyl sites for hydroxylation is 1. The molecule has 0 aliphatic carbocycles. The third kappa shape index (κ3) is 2.13. The number of carbonyl (C=O) groups excluding carboxylic acids is 1. The first-order valence-electron chi connectivity index (χ1n) is 5.08. The zero-order chi connectivity index (χ0) is 11.5. The van der Waals surface area contributed by atoms with Crippen LogP contribution in [-0.2, 0) is 4.74 Å². The molecule has 0 radical (unpaired) electrons. The molecule has 0 aliphatic rings. The van der Waals surface area contributed by atoms with E-state index >= 15 is 0 Å². The summed E-state index contributed by atoms with van der Waals surface area (Å²) in [5.74, 6) is 0. The highest BCUT2D eigenvalue weighted by molar-refractivity contribution is 5.85. The number of carbonyl (C=O) groups is 1. The van der Waals surface area contributed by atoms with Gasteiger partial charge in [0, 0.05) is 24.1 Å². The van der Waals surface area contributed by atoms with Gasteiger partial charge in [0.05, 0.1) is 12.3 Å². The van der Waals surface area contributed by atoms with E-state index in [0.717, 1.165) is 11.3 Å². The lowest BCUT2D eigenvalue weighted by atomic mass is 10.4. The molecule has 0 saturated heterocycles. The quantitative estimate of drug-likeness (QED) is 0.842. The summed E-state index contributed by atoms with van der Waals surface area (Å²) in [5.41, 5.74) is 2.41. The number of anilines is 1. The number of hydrogen-bond donors (Lipinski definition) is 1. The number of imidazole rings is 1. The van der Waals surface area contributed by atoms with Gasteiger partial charge >= 0.3 is 6.09 Å². The molecule has 1 N–H and O–H groups in total. The van der Waals surface area contributed by atoms with Crippen molar-refractivity contribution < 1.29 is 9.53 Å². The molecule has 2 aromatic heterocycles. The van der Waals surface area contributed by atoms with Crippen LogP contribution in [-0.4, -0.2) is 22.1 Å². The highest BCUT2D eigenvalue weighted by Gasteiger charge is 2.03. The van der Waals surface area contributed by atoms with Crippen molar-refractivity contribution in [2.24, 2.45) is 0 Å². The number of nitrogens with one attached hydrogen (secondary N) is 1. The minimum absolute atomic E-state index is 0.358. The van der Waals surface area contributed by atoms with E-state index in [4.69, 9.17) is 4.74 Å². The van der Waals surface area contributed by atoms with Gasteiger partial charge in [-0.05, 0) is 19.9 Å². The van der Waals surface area contributed by atoms with Gasteiger partial charge < -0.3 is 9.14 Å². The summed E-state index contributed by atoms with van der Waals surface area (Å²) in [5, 5.41) is 2.63. The summed E-state index contributed by atoms with van der Waals surface area (Å²) in [4.78, 5) is 15.5. The van der Waals surface area contributed by atoms with Crippen LogP contribution in [0.5, 0.6) is 0 Å². The van der Waals surface area contributed by atoms with Gasteiger partial charge in [0.1, 0.15) is 5.65 Å². The Morgan fingerprint density at radius 1 is 1.62 bits per heavy atom. The lowest BCUT2D eigenvalue weighted by Gasteiger charge is -2.04. The summed E-state index contributed by atoms with van der Waals surface area (Å²) in [6.07, 6.45) is 3.32. The van der Waals surface area contributed by atoms with Crippen LogP contribution in [0, 0.1) is 6.92 Å². The van der Waals surface area contributed by atoms with E-state index in [1.54, 1.807) is 19.1 Å². The van der Waals surface area contributed by atoms with Crippen LogP contribution >= 0.6 is 0 Å². The predicted molar refractivity (Wildman–Crippen MR) is 60.6 cm³/mol. The fourth-order valence-electron chi connectivity index (χ4n) is 1.47. The first-order valence-corrected chi connectivity index (χ1v) is 5.08. The summed E-state index contributed by atoms with van der Waals surface area (Å²) in [6, 6.07) is 3.59. The van der Waals surface area contributed by atoms with Crippen LogP contribution in [0.2, 0.25) is 0 Å². The largest absolute Gasteiger partial charge is 0.450 e. The van der Waals surface area contributed by atoms with Crippen molar-refractivity contribution in [3.05, 3.63) is 30.2 Å². The fourth-order valence-corrected chi connectivity index (χ4v) is 1.47. The van der Waals surface area contributed by atoms with E-state index in [0.29, 0.717) is 12.3 Å². The molecule has 0 saturated carbocycles. The summed E-state index contributed by atoms with van der Waals surface area (Å²) >= 11 is 0. The molecular formula is C11H13N3O2. The van der Waals surface area contributed by atoms with Gasteiger partial charge in [-0.2, -0.15) is 0 Å². The van der Waals surface area contributed by atoms with Crippen LogP contribution in [0.15, 0.2) is 24.5 Å². The molecule has 16 heavy (non-hydrogen) atoms. The molecule has 0 spiro atoms. The maximum Gasteiger partial charge on any atom is 0.411 e. The molecule has 1 amide bonds. The average Bonchev–Trinajstić information content (AvgIpc) is 2.57. The Balaban J connectivity index is 2.22. The average molecular weight is 219 g/mol. The minimum atomic E-state index is -0.449. The van der Waals surface area contributed by atoms with Crippen molar-refractivity contribution in [3.63, 3.8) is 0 Å². The van der Waals surface area contributed by atoms with Crippen molar-refractivity contribution in [2.75, 3.05) is 11.9 Å². The van der Waals surface area contributed by atoms with Crippen molar-refractivity contribution in [1.82, 2.24) is 9.38 Å². The number of nitrogens with zero attached hydrogens (tertiary/aromatic N) is 2. The highest BCUT2D eigenvalue weighted by Crippen LogP contribution is 2.12. The maximum absolute atomic E-state index is 11.2. The second kappa shape index (κ2) is 4.22. The Hall–Kier alpha value is -2.04. The number of fused-ring (bicyclic) bond motifs is 1. The van der Waals surface area contributed by atoms with Crippen LogP contribution in [0.25, 0.3) is 5.65 Å². The molecule has 5 nitrogen and oxygen atoms in total. The van der Waals surface area contributed by atoms with Crippen molar-refractivity contribution in [3.8, 4) is 0 Å². The number of hydrogen-bond acceptors (Lipinski definition) is 3. The molecule has 0 atom stereocenters. The fraction of sp³-hybridized carbons (Fsp3) is 0.273. The number of amides is 1. The van der Waals surface area contributed by atoms with Crippen LogP contribution in [0.1, 0.15) is 12.6 Å². The van der Waals surface area contributed by atoms with Gasteiger partial charge in [0.25, 0.3) is 0 Å². The number of rotatable bonds is 2. The molecule has 0 unspecified atom stereocenters. The van der Waals surface area contributed by atoms with Crippen LogP contribution in [0.4, 0.5) is 10.5 Å². The molecule has 2 aromatic rings. The zero-order valence-corrected chi connectivity index (χ0v) is 9.23. The lowest BCUT2D eigenvalue weighted by molar-refractivity contribution is 0.168. The molecular weight excluding hydrogens is 206 g/mol. The number of pyridine rings is 1. The number of aromatic nitrogens is 2. The smallest absolute Gasteiger partial charge is 0.411 e. The normalized spacial score (nSPS) is 10.4. The van der Waals surface area contributed by atoms with Gasteiger partial charge in [-0.1, -0.05) is 0 Å². The molecule has 2 heterocycles. The summed E-state index contributed by atoms with van der Waals surface area (Å²) < 4.78 is 6.68. The molecule has 2 rings (SSSR count). The van der Waals surface area contributed by atoms with Gasteiger partial charge in [0.2, 0.25) is 0 Å². The van der Waals surface area contributed by atoms with Gasteiger partial charge in [-0.25, -0.2) is 9.78 Å². The van der Waals surface area contributed by atoms with E-state index in [1.165, 1.54) is 0 Å². The number of ether oxygens (including phenoxy) is 1. The molecule has 84 valence electrons. The lowest BCUT2D eigenvalue weighted by Crippen LogP contribution is -2.13. The van der Waals surface area contributed by atoms with E-state index in [-0.39, 0.29) is 0 Å². The van der Waals surface area contributed by atoms with Gasteiger partial charge in [-0.3, -0.25) is 5.32 Å². The Morgan fingerprint density at radius 2 is 2.44 bits per heavy atom. The highest BCUT2D eigenvalue weighted by atomic mass is 16.5. The Bertz CT molecular complexity index is 519. The Kier molecular flexibility index (Phi) is 2.76. The monoisotopic (exact) mass is 219 g/mol. The van der Waals surface area contributed by atoms with E-state index < -0.39 is 6.09 Å². The molecule has 0 aromatic carbocycles. The van der Waals surface area contributed by atoms with Crippen molar-refractivity contribution in [2.45, 2.75) is 13.8 Å². The zero-order valence-electron chi connectivity index (χ0n) is 9.23. The maximum atomic E-state index is 11.2. The van der Waals surface area contributed by atoms with Gasteiger partial charge in [-0.15, -0.1) is 0 Å². The van der Waals surface area contributed by atoms with Crippen molar-refractivity contribution >= 4 is 17.4 Å². The predicted octanol–water partition coefficient (Wildman–Crippen LogP) is 2.21. The first kappa shape index (κ1) is 10.5. The second-order valence-electron chi connectivity index (χ2n) is 3.41. The first-order chi connectivity index (χ1) is 7.69. The van der Waals surface area contributed by atoms with E-state index in [2.05, 4.69) is 10.3 Å².